The van der Waals surface area contributed by atoms with Gasteiger partial charge in [-0.15, -0.1) is 0 Å². The first-order chi connectivity index (χ1) is 10.8. The van der Waals surface area contributed by atoms with Gasteiger partial charge in [0.2, 0.25) is 0 Å². The second-order valence-electron chi connectivity index (χ2n) is 5.87. The summed E-state index contributed by atoms with van der Waals surface area (Å²) >= 11 is 0. The Bertz CT molecular complexity index is 525. The van der Waals surface area contributed by atoms with Crippen LogP contribution in [0.3, 0.4) is 0 Å². The Hall–Kier alpha value is -1.96. The summed E-state index contributed by atoms with van der Waals surface area (Å²) in [5.74, 6) is -0.162. The minimum absolute atomic E-state index is 0.0706. The Morgan fingerprint density at radius 1 is 0.545 bits per heavy atom. The van der Waals surface area contributed by atoms with Crippen molar-refractivity contribution in [2.45, 2.75) is 51.4 Å². The summed E-state index contributed by atoms with van der Waals surface area (Å²) in [6.07, 6.45) is 12.0. The van der Waals surface area contributed by atoms with Crippen LogP contribution < -0.4 is 0 Å². The van der Waals surface area contributed by atoms with Gasteiger partial charge < -0.3 is 10.2 Å². The number of benzene rings is 2. The van der Waals surface area contributed by atoms with E-state index in [-0.39, 0.29) is 11.5 Å². The van der Waals surface area contributed by atoms with Crippen LogP contribution in [0.2, 0.25) is 0 Å². The van der Waals surface area contributed by atoms with Crippen LogP contribution in [0.4, 0.5) is 0 Å². The lowest BCUT2D eigenvalue weighted by molar-refractivity contribution is 0.405. The third-order valence-electron chi connectivity index (χ3n) is 4.10. The maximum absolute atomic E-state index is 9.60. The van der Waals surface area contributed by atoms with E-state index in [1.54, 1.807) is 12.1 Å². The number of phenols is 2. The Kier molecular flexibility index (Phi) is 6.82. The van der Waals surface area contributed by atoms with Gasteiger partial charge >= 0.3 is 0 Å². The number of aromatic hydroxyl groups is 2. The fourth-order valence-electron chi connectivity index (χ4n) is 2.80. The Labute approximate surface area is 133 Å². The van der Waals surface area contributed by atoms with Gasteiger partial charge in [-0.25, -0.2) is 0 Å². The van der Waals surface area contributed by atoms with Gasteiger partial charge in [0.1, 0.15) is 0 Å². The minimum atomic E-state index is -0.0913. The molecule has 0 amide bonds. The molecule has 1 aliphatic rings. The molecule has 0 atom stereocenters. The van der Waals surface area contributed by atoms with Crippen LogP contribution >= 0.6 is 0 Å². The molecular formula is C20H26O2. The molecule has 1 saturated carbocycles. The van der Waals surface area contributed by atoms with Gasteiger partial charge in [-0.05, 0) is 11.6 Å². The summed E-state index contributed by atoms with van der Waals surface area (Å²) in [6, 6.07) is 14.4. The average molecular weight is 298 g/mol. The van der Waals surface area contributed by atoms with Gasteiger partial charge in [0, 0.05) is 5.56 Å². The fourth-order valence-corrected chi connectivity index (χ4v) is 2.80. The average Bonchev–Trinajstić information content (AvgIpc) is 2.51. The molecule has 1 aliphatic carbocycles. The first kappa shape index (κ1) is 16.4. The molecule has 2 aromatic rings. The zero-order valence-electron chi connectivity index (χ0n) is 13.2. The van der Waals surface area contributed by atoms with Crippen LogP contribution in [0, 0.1) is 0 Å². The van der Waals surface area contributed by atoms with E-state index in [0.717, 1.165) is 5.56 Å². The Morgan fingerprint density at radius 3 is 1.55 bits per heavy atom. The van der Waals surface area contributed by atoms with Crippen molar-refractivity contribution >= 4 is 0 Å². The van der Waals surface area contributed by atoms with Crippen LogP contribution in [0.1, 0.15) is 51.4 Å². The smallest absolute Gasteiger partial charge is 0.165 e. The first-order valence-electron chi connectivity index (χ1n) is 8.35. The fraction of sp³-hybridized carbons (Fsp3) is 0.400. The molecule has 0 radical (unpaired) electrons. The van der Waals surface area contributed by atoms with E-state index in [2.05, 4.69) is 0 Å². The van der Waals surface area contributed by atoms with Crippen molar-refractivity contribution in [3.8, 4) is 22.6 Å². The molecule has 0 aliphatic heterocycles. The van der Waals surface area contributed by atoms with Crippen LogP contribution in [-0.2, 0) is 0 Å². The molecule has 0 aromatic heterocycles. The molecular weight excluding hydrogens is 272 g/mol. The third-order valence-corrected chi connectivity index (χ3v) is 4.10. The van der Waals surface area contributed by atoms with E-state index in [9.17, 15) is 10.2 Å². The Morgan fingerprint density at radius 2 is 1.05 bits per heavy atom. The predicted octanol–water partition coefficient (Wildman–Crippen LogP) is 5.89. The lowest BCUT2D eigenvalue weighted by Gasteiger charge is -2.05. The highest BCUT2D eigenvalue weighted by molar-refractivity contribution is 5.72. The summed E-state index contributed by atoms with van der Waals surface area (Å²) in [7, 11) is 0. The van der Waals surface area contributed by atoms with E-state index >= 15 is 0 Å². The monoisotopic (exact) mass is 298 g/mol. The molecule has 2 heteroatoms. The van der Waals surface area contributed by atoms with Crippen molar-refractivity contribution in [1.29, 1.82) is 0 Å². The van der Waals surface area contributed by atoms with Crippen molar-refractivity contribution < 1.29 is 10.2 Å². The van der Waals surface area contributed by atoms with E-state index < -0.39 is 0 Å². The Balaban J connectivity index is 0.000000188. The van der Waals surface area contributed by atoms with Gasteiger partial charge in [0.25, 0.3) is 0 Å². The van der Waals surface area contributed by atoms with E-state index in [0.29, 0.717) is 5.56 Å². The maximum Gasteiger partial charge on any atom is 0.165 e. The minimum Gasteiger partial charge on any atom is -0.504 e. The SMILES string of the molecule is C1CCCCCCC1.Oc1cccc(-c2ccccc2)c1O. The van der Waals surface area contributed by atoms with E-state index in [4.69, 9.17) is 0 Å². The summed E-state index contributed by atoms with van der Waals surface area (Å²) in [6.45, 7) is 0. The summed E-state index contributed by atoms with van der Waals surface area (Å²) in [4.78, 5) is 0. The normalized spacial score (nSPS) is 15.1. The van der Waals surface area contributed by atoms with Crippen LogP contribution in [0.5, 0.6) is 11.5 Å². The first-order valence-corrected chi connectivity index (χ1v) is 8.35. The van der Waals surface area contributed by atoms with Crippen LogP contribution in [0.15, 0.2) is 48.5 Å². The molecule has 2 nitrogen and oxygen atoms in total. The molecule has 0 unspecified atom stereocenters. The third kappa shape index (κ3) is 5.10. The molecule has 0 saturated heterocycles. The number of para-hydroxylation sites is 1. The van der Waals surface area contributed by atoms with Gasteiger partial charge in [-0.2, -0.15) is 0 Å². The standard InChI is InChI=1S/C12H10O2.C8H16/c13-11-8-4-7-10(12(11)14)9-5-2-1-3-6-9;1-2-4-6-8-7-5-3-1/h1-8,13-14H;1-8H2. The van der Waals surface area contributed by atoms with Crippen molar-refractivity contribution in [2.75, 3.05) is 0 Å². The topological polar surface area (TPSA) is 40.5 Å². The van der Waals surface area contributed by atoms with Crippen molar-refractivity contribution in [3.63, 3.8) is 0 Å². The molecule has 1 fully saturated rings. The van der Waals surface area contributed by atoms with Crippen molar-refractivity contribution in [2.24, 2.45) is 0 Å². The zero-order chi connectivity index (χ0) is 15.6. The number of phenolic OH excluding ortho intramolecular Hbond substituents is 2. The molecule has 2 aromatic carbocycles. The number of hydrogen-bond donors (Lipinski definition) is 2. The lowest BCUT2D eigenvalue weighted by Crippen LogP contribution is -1.85. The highest BCUT2D eigenvalue weighted by atomic mass is 16.3. The highest BCUT2D eigenvalue weighted by Crippen LogP contribution is 2.35. The van der Waals surface area contributed by atoms with Crippen molar-refractivity contribution in [1.82, 2.24) is 0 Å². The molecule has 0 heterocycles. The zero-order valence-corrected chi connectivity index (χ0v) is 13.2. The predicted molar refractivity (Wildman–Crippen MR) is 92.1 cm³/mol. The summed E-state index contributed by atoms with van der Waals surface area (Å²) in [5, 5.41) is 18.9. The molecule has 3 rings (SSSR count). The molecule has 2 N–H and O–H groups in total. The highest BCUT2D eigenvalue weighted by Gasteiger charge is 2.06. The van der Waals surface area contributed by atoms with Crippen LogP contribution in [0.25, 0.3) is 11.1 Å². The summed E-state index contributed by atoms with van der Waals surface area (Å²) < 4.78 is 0. The lowest BCUT2D eigenvalue weighted by atomic mass is 10.0. The molecule has 0 spiro atoms. The van der Waals surface area contributed by atoms with Gasteiger partial charge in [-0.1, -0.05) is 93.8 Å². The number of rotatable bonds is 1. The van der Waals surface area contributed by atoms with Crippen LogP contribution in [-0.4, -0.2) is 10.2 Å². The van der Waals surface area contributed by atoms with Gasteiger partial charge in [0.05, 0.1) is 0 Å². The second-order valence-corrected chi connectivity index (χ2v) is 5.87. The molecule has 0 bridgehead atoms. The summed E-state index contributed by atoms with van der Waals surface area (Å²) in [5.41, 5.74) is 1.53. The van der Waals surface area contributed by atoms with E-state index in [1.807, 2.05) is 30.3 Å². The van der Waals surface area contributed by atoms with E-state index in [1.165, 1.54) is 57.4 Å². The second kappa shape index (κ2) is 9.14. The number of hydrogen-bond acceptors (Lipinski definition) is 2. The van der Waals surface area contributed by atoms with Crippen molar-refractivity contribution in [3.05, 3.63) is 48.5 Å². The molecule has 118 valence electrons. The molecule has 22 heavy (non-hydrogen) atoms. The largest absolute Gasteiger partial charge is 0.504 e. The maximum atomic E-state index is 9.60. The van der Waals surface area contributed by atoms with Gasteiger partial charge in [0.15, 0.2) is 11.5 Å². The quantitative estimate of drug-likeness (QED) is 0.645. The van der Waals surface area contributed by atoms with Gasteiger partial charge in [-0.3, -0.25) is 0 Å².